The lowest BCUT2D eigenvalue weighted by Gasteiger charge is -2.49. The number of likely N-dealkylation sites (N-methyl/N-ethyl adjacent to an activating group) is 1. The maximum Gasteiger partial charge on any atom is 0.293 e. The third-order valence-electron chi connectivity index (χ3n) is 15.0. The van der Waals surface area contributed by atoms with Gasteiger partial charge >= 0.3 is 0 Å². The van der Waals surface area contributed by atoms with Gasteiger partial charge in [0.25, 0.3) is 17.4 Å². The number of hydrogen-bond acceptors (Lipinski definition) is 13. The van der Waals surface area contributed by atoms with E-state index in [9.17, 15) is 24.0 Å². The van der Waals surface area contributed by atoms with E-state index in [0.717, 1.165) is 92.8 Å². The molecule has 5 aliphatic heterocycles. The summed E-state index contributed by atoms with van der Waals surface area (Å²) in [5.41, 5.74) is 4.23. The van der Waals surface area contributed by atoms with Crippen LogP contribution < -0.4 is 36.0 Å². The molecule has 6 aliphatic rings. The number of hydrogen-bond donors (Lipinski definition) is 3. The van der Waals surface area contributed by atoms with Gasteiger partial charge in [0.05, 0.1) is 23.9 Å². The summed E-state index contributed by atoms with van der Waals surface area (Å²) in [6.07, 6.45) is 10.2. The Bertz CT molecular complexity index is 2650. The second-order valence-electron chi connectivity index (χ2n) is 19.5. The van der Waals surface area contributed by atoms with E-state index < -0.39 is 6.04 Å². The number of piperidine rings is 3. The predicted octanol–water partition coefficient (Wildman–Crippen LogP) is 5.16. The van der Waals surface area contributed by atoms with Crippen LogP contribution >= 0.6 is 11.6 Å². The molecule has 10 rings (SSSR count). The molecular formula is C49H59ClN10O7. The number of fused-ring (bicyclic) bond motifs is 2. The van der Waals surface area contributed by atoms with Crippen molar-refractivity contribution in [3.8, 4) is 5.75 Å². The smallest absolute Gasteiger partial charge is 0.293 e. The van der Waals surface area contributed by atoms with Crippen LogP contribution in [0.25, 0.3) is 10.9 Å². The van der Waals surface area contributed by atoms with Gasteiger partial charge in [-0.2, -0.15) is 4.98 Å². The first-order valence-electron chi connectivity index (χ1n) is 23.8. The van der Waals surface area contributed by atoms with Gasteiger partial charge in [0.15, 0.2) is 18.2 Å². The molecule has 1 saturated carbocycles. The van der Waals surface area contributed by atoms with E-state index in [1.165, 1.54) is 26.3 Å². The van der Waals surface area contributed by atoms with E-state index in [1.807, 2.05) is 38.1 Å². The summed E-state index contributed by atoms with van der Waals surface area (Å²) in [7, 11) is 1.52. The summed E-state index contributed by atoms with van der Waals surface area (Å²) in [4.78, 5) is 81.0. The second-order valence-corrected chi connectivity index (χ2v) is 19.9. The highest BCUT2D eigenvalue weighted by Crippen LogP contribution is 2.45. The molecule has 1 atom stereocenters. The molecule has 1 spiro atoms. The first-order valence-corrected chi connectivity index (χ1v) is 24.2. The lowest BCUT2D eigenvalue weighted by Crippen LogP contribution is -2.53. The number of pyridine rings is 1. The van der Waals surface area contributed by atoms with E-state index in [4.69, 9.17) is 26.1 Å². The monoisotopic (exact) mass is 934 g/mol. The zero-order valence-electron chi connectivity index (χ0n) is 38.4. The molecule has 354 valence electrons. The Morgan fingerprint density at radius 2 is 1.72 bits per heavy atom. The topological polar surface area (TPSA) is 184 Å². The number of amides is 4. The Balaban J connectivity index is 0.679. The molecule has 5 fully saturated rings. The summed E-state index contributed by atoms with van der Waals surface area (Å²) in [5, 5.41) is 9.40. The van der Waals surface area contributed by atoms with Gasteiger partial charge in [-0.25, -0.2) is 4.98 Å². The Kier molecular flexibility index (Phi) is 12.3. The van der Waals surface area contributed by atoms with Crippen LogP contribution in [0.3, 0.4) is 0 Å². The van der Waals surface area contributed by atoms with Crippen molar-refractivity contribution >= 4 is 69.3 Å². The second kappa shape index (κ2) is 18.4. The van der Waals surface area contributed by atoms with Gasteiger partial charge in [0, 0.05) is 80.6 Å². The molecule has 4 aromatic rings. The lowest BCUT2D eigenvalue weighted by atomic mass is 9.76. The fraction of sp³-hybridized carbons (Fsp3) is 0.531. The van der Waals surface area contributed by atoms with Gasteiger partial charge in [-0.1, -0.05) is 11.6 Å². The Morgan fingerprint density at radius 1 is 0.940 bits per heavy atom. The zero-order valence-corrected chi connectivity index (χ0v) is 39.1. The number of carbonyl (C=O) groups excluding carboxylic acids is 4. The third-order valence-corrected chi connectivity index (χ3v) is 15.3. The first-order chi connectivity index (χ1) is 32.3. The predicted molar refractivity (Wildman–Crippen MR) is 254 cm³/mol. The largest absolute Gasteiger partial charge is 0.478 e. The molecular weight excluding hydrogens is 876 g/mol. The number of anilines is 4. The normalized spacial score (nSPS) is 23.2. The van der Waals surface area contributed by atoms with Gasteiger partial charge in [0.1, 0.15) is 11.1 Å². The minimum Gasteiger partial charge on any atom is -0.478 e. The third kappa shape index (κ3) is 9.05. The van der Waals surface area contributed by atoms with Crippen LogP contribution in [0.15, 0.2) is 53.5 Å². The highest BCUT2D eigenvalue weighted by atomic mass is 35.5. The van der Waals surface area contributed by atoms with Crippen molar-refractivity contribution in [2.75, 3.05) is 68.0 Å². The average Bonchev–Trinajstić information content (AvgIpc) is 3.87. The summed E-state index contributed by atoms with van der Waals surface area (Å²) < 4.78 is 14.0. The minimum absolute atomic E-state index is 0.0988. The summed E-state index contributed by atoms with van der Waals surface area (Å²) >= 11 is 6.62. The molecule has 2 aromatic carbocycles. The van der Waals surface area contributed by atoms with Crippen molar-refractivity contribution in [3.63, 3.8) is 0 Å². The molecule has 3 N–H and O–H groups in total. The molecule has 17 nitrogen and oxygen atoms in total. The average molecular weight is 936 g/mol. The van der Waals surface area contributed by atoms with E-state index in [-0.39, 0.29) is 66.2 Å². The molecule has 4 amide bonds. The van der Waals surface area contributed by atoms with Crippen LogP contribution in [0.4, 0.5) is 23.1 Å². The number of ether oxygens (including phenoxy) is 2. The van der Waals surface area contributed by atoms with Crippen LogP contribution in [0.1, 0.15) is 93.6 Å². The van der Waals surface area contributed by atoms with Crippen molar-refractivity contribution in [1.82, 2.24) is 35.0 Å². The van der Waals surface area contributed by atoms with Crippen molar-refractivity contribution in [1.29, 1.82) is 0 Å². The van der Waals surface area contributed by atoms with Gasteiger partial charge in [-0.3, -0.25) is 29.3 Å². The van der Waals surface area contributed by atoms with E-state index in [0.29, 0.717) is 46.8 Å². The van der Waals surface area contributed by atoms with Gasteiger partial charge < -0.3 is 44.3 Å². The first kappa shape index (κ1) is 45.0. The summed E-state index contributed by atoms with van der Waals surface area (Å²) in [6.45, 7) is 9.79. The Morgan fingerprint density at radius 3 is 2.46 bits per heavy atom. The van der Waals surface area contributed by atoms with Gasteiger partial charge in [-0.05, 0) is 132 Å². The van der Waals surface area contributed by atoms with Crippen LogP contribution in [0.5, 0.6) is 5.75 Å². The zero-order chi connectivity index (χ0) is 46.6. The van der Waals surface area contributed by atoms with Crippen LogP contribution in [-0.4, -0.2) is 125 Å². The number of benzene rings is 2. The standard InChI is InChI=1S/C49H59ClN10O7/c1-29(2)60-39-7-4-32(20-30(39)22-41(47(60)65)66-27-43(62)51-3)53-44-38(50)25-52-48(55-44)57-15-10-35(11-16-57)67-36-23-34(24-36)56-17-12-49(13-18-56)14-19-58(28-49)33-5-6-37-31(21-33)26-59(46(37)64)40-8-9-42(61)54-45(40)63/h4-7,20-22,25,29,34-36,40H,8-19,23-24,26-28H2,1-3H3,(H,51,62)(H,52,53,55)(H,54,61,63)/t34-,36-,40?. The summed E-state index contributed by atoms with van der Waals surface area (Å²) in [5.74, 6) is 0.0655. The summed E-state index contributed by atoms with van der Waals surface area (Å²) in [6, 6.07) is 13.3. The maximum absolute atomic E-state index is 13.3. The van der Waals surface area contributed by atoms with Crippen molar-refractivity contribution < 1.29 is 28.7 Å². The number of likely N-dealkylation sites (tertiary alicyclic amines) is 1. The molecule has 2 aromatic heterocycles. The van der Waals surface area contributed by atoms with Gasteiger partial charge in [0.2, 0.25) is 17.8 Å². The quantitative estimate of drug-likeness (QED) is 0.159. The van der Waals surface area contributed by atoms with Crippen LogP contribution in [0.2, 0.25) is 5.02 Å². The molecule has 18 heteroatoms. The minimum atomic E-state index is -0.601. The fourth-order valence-electron chi connectivity index (χ4n) is 11.1. The number of halogens is 1. The van der Waals surface area contributed by atoms with Crippen molar-refractivity contribution in [2.24, 2.45) is 5.41 Å². The van der Waals surface area contributed by atoms with Crippen LogP contribution in [0, 0.1) is 5.41 Å². The van der Waals surface area contributed by atoms with Crippen molar-refractivity contribution in [2.45, 2.75) is 109 Å². The number of carbonyl (C=O) groups is 4. The van der Waals surface area contributed by atoms with E-state index >= 15 is 0 Å². The number of rotatable bonds is 12. The Labute approximate surface area is 394 Å². The van der Waals surface area contributed by atoms with Gasteiger partial charge in [-0.15, -0.1) is 0 Å². The van der Waals surface area contributed by atoms with Crippen molar-refractivity contribution in [3.05, 3.63) is 75.2 Å². The lowest BCUT2D eigenvalue weighted by molar-refractivity contribution is -0.137. The van der Waals surface area contributed by atoms with E-state index in [2.05, 4.69) is 47.8 Å². The number of nitrogens with one attached hydrogen (secondary N) is 3. The Hall–Kier alpha value is -5.78. The molecule has 1 unspecified atom stereocenters. The SMILES string of the molecule is CNC(=O)COc1cc2cc(Nc3nc(N4CCC(O[C@H]5C[C@H](N6CCC7(CCN(c8ccc9c(c8)CN(C8CCC(=O)NC8=O)C9=O)C7)CC6)C5)CC4)ncc3Cl)ccc2n(C(C)C)c1=O. The van der Waals surface area contributed by atoms with Crippen LogP contribution in [-0.2, 0) is 25.7 Å². The molecule has 0 radical (unpaired) electrons. The van der Waals surface area contributed by atoms with E-state index in [1.54, 1.807) is 21.7 Å². The maximum atomic E-state index is 13.3. The molecule has 0 bridgehead atoms. The fourth-order valence-corrected chi connectivity index (χ4v) is 11.2. The number of nitrogens with zero attached hydrogens (tertiary/aromatic N) is 7. The molecule has 1 aliphatic carbocycles. The molecule has 4 saturated heterocycles. The number of imide groups is 1. The molecule has 7 heterocycles. The molecule has 67 heavy (non-hydrogen) atoms. The highest BCUT2D eigenvalue weighted by Gasteiger charge is 2.45. The highest BCUT2D eigenvalue weighted by molar-refractivity contribution is 6.33. The number of aromatic nitrogens is 3.